The van der Waals surface area contributed by atoms with Crippen LogP contribution in [-0.2, 0) is 12.8 Å². The Morgan fingerprint density at radius 2 is 1.67 bits per heavy atom. The Bertz CT molecular complexity index is 556. The lowest BCUT2D eigenvalue weighted by Gasteiger charge is -2.12. The van der Waals surface area contributed by atoms with Crippen LogP contribution in [0.25, 0.3) is 11.1 Å². The van der Waals surface area contributed by atoms with Crippen LogP contribution in [0.1, 0.15) is 30.5 Å². The zero-order valence-electron chi connectivity index (χ0n) is 11.5. The minimum atomic E-state index is 0.866. The predicted octanol–water partition coefficient (Wildman–Crippen LogP) is 4.37. The molecule has 2 rings (SSSR count). The Morgan fingerprint density at radius 3 is 2.33 bits per heavy atom. The van der Waals surface area contributed by atoms with Gasteiger partial charge in [0.2, 0.25) is 0 Å². The van der Waals surface area contributed by atoms with Crippen LogP contribution in [0.3, 0.4) is 0 Å². The summed E-state index contributed by atoms with van der Waals surface area (Å²) in [5, 5.41) is 0. The molecule has 1 heteroatoms. The molecule has 2 aromatic carbocycles. The van der Waals surface area contributed by atoms with E-state index < -0.39 is 0 Å². The number of hydrogen-bond acceptors (Lipinski definition) is 1. The van der Waals surface area contributed by atoms with Gasteiger partial charge in [-0.05, 0) is 53.6 Å². The second-order valence-electron chi connectivity index (χ2n) is 4.71. The lowest BCUT2D eigenvalue weighted by atomic mass is 9.94. The van der Waals surface area contributed by atoms with Crippen LogP contribution in [0.2, 0.25) is 0 Å². The van der Waals surface area contributed by atoms with Crippen molar-refractivity contribution in [1.29, 1.82) is 0 Å². The number of hydrogen-bond donors (Lipinski definition) is 1. The molecular weight excluding hydrogens is 218 g/mol. The summed E-state index contributed by atoms with van der Waals surface area (Å²) in [6, 6.07) is 12.9. The van der Waals surface area contributed by atoms with Crippen molar-refractivity contribution in [2.75, 3.05) is 5.73 Å². The number of anilines is 1. The minimum Gasteiger partial charge on any atom is -0.398 e. The van der Waals surface area contributed by atoms with Gasteiger partial charge in [0.25, 0.3) is 0 Å². The Morgan fingerprint density at radius 1 is 0.944 bits per heavy atom. The van der Waals surface area contributed by atoms with E-state index in [2.05, 4.69) is 45.0 Å². The second-order valence-corrected chi connectivity index (χ2v) is 4.71. The SMILES string of the molecule is CCc1ccc(-c2cccc(N)c2C)cc1CC. The van der Waals surface area contributed by atoms with Gasteiger partial charge < -0.3 is 5.73 Å². The molecule has 94 valence electrons. The van der Waals surface area contributed by atoms with Gasteiger partial charge in [-0.1, -0.05) is 44.2 Å². The molecule has 0 radical (unpaired) electrons. The molecular formula is C17H21N. The van der Waals surface area contributed by atoms with E-state index in [1.165, 1.54) is 27.8 Å². The van der Waals surface area contributed by atoms with Crippen molar-refractivity contribution in [2.24, 2.45) is 0 Å². The average Bonchev–Trinajstić information content (AvgIpc) is 2.41. The number of benzene rings is 2. The Labute approximate surface area is 110 Å². The standard InChI is InChI=1S/C17H21N/c1-4-13-9-10-15(11-14(13)5-2)16-7-6-8-17(18)12(16)3/h6-11H,4-5,18H2,1-3H3. The van der Waals surface area contributed by atoms with E-state index in [-0.39, 0.29) is 0 Å². The van der Waals surface area contributed by atoms with Gasteiger partial charge in [-0.3, -0.25) is 0 Å². The molecule has 0 atom stereocenters. The van der Waals surface area contributed by atoms with E-state index in [1.54, 1.807) is 0 Å². The summed E-state index contributed by atoms with van der Waals surface area (Å²) >= 11 is 0. The van der Waals surface area contributed by atoms with Gasteiger partial charge in [-0.15, -0.1) is 0 Å². The molecule has 0 bridgehead atoms. The van der Waals surface area contributed by atoms with Crippen molar-refractivity contribution in [3.8, 4) is 11.1 Å². The van der Waals surface area contributed by atoms with Crippen LogP contribution in [0, 0.1) is 6.92 Å². The van der Waals surface area contributed by atoms with E-state index in [0.717, 1.165) is 18.5 Å². The summed E-state index contributed by atoms with van der Waals surface area (Å²) in [5.74, 6) is 0. The molecule has 0 saturated heterocycles. The van der Waals surface area contributed by atoms with Crippen LogP contribution in [-0.4, -0.2) is 0 Å². The second kappa shape index (κ2) is 5.26. The maximum absolute atomic E-state index is 5.98. The first-order valence-electron chi connectivity index (χ1n) is 6.64. The minimum absolute atomic E-state index is 0.866. The summed E-state index contributed by atoms with van der Waals surface area (Å²) < 4.78 is 0. The molecule has 18 heavy (non-hydrogen) atoms. The van der Waals surface area contributed by atoms with Crippen LogP contribution >= 0.6 is 0 Å². The molecule has 0 aliphatic heterocycles. The fourth-order valence-electron chi connectivity index (χ4n) is 2.43. The van der Waals surface area contributed by atoms with E-state index in [1.807, 2.05) is 12.1 Å². The van der Waals surface area contributed by atoms with Gasteiger partial charge in [-0.25, -0.2) is 0 Å². The topological polar surface area (TPSA) is 26.0 Å². The molecule has 0 saturated carbocycles. The van der Waals surface area contributed by atoms with E-state index >= 15 is 0 Å². The lowest BCUT2D eigenvalue weighted by Crippen LogP contribution is -1.95. The number of rotatable bonds is 3. The number of aryl methyl sites for hydroxylation is 2. The monoisotopic (exact) mass is 239 g/mol. The van der Waals surface area contributed by atoms with Crippen LogP contribution in [0.5, 0.6) is 0 Å². The van der Waals surface area contributed by atoms with Crippen molar-refractivity contribution in [2.45, 2.75) is 33.6 Å². The normalized spacial score (nSPS) is 10.6. The first-order chi connectivity index (χ1) is 8.67. The van der Waals surface area contributed by atoms with E-state index in [0.29, 0.717) is 0 Å². The molecule has 0 fully saturated rings. The summed E-state index contributed by atoms with van der Waals surface area (Å²) in [6.45, 7) is 6.51. The smallest absolute Gasteiger partial charge is 0.0349 e. The van der Waals surface area contributed by atoms with E-state index in [4.69, 9.17) is 5.73 Å². The molecule has 0 amide bonds. The van der Waals surface area contributed by atoms with Gasteiger partial charge in [0.15, 0.2) is 0 Å². The highest BCUT2D eigenvalue weighted by atomic mass is 14.6. The molecule has 2 aromatic rings. The van der Waals surface area contributed by atoms with Gasteiger partial charge in [0.05, 0.1) is 0 Å². The maximum atomic E-state index is 5.98. The lowest BCUT2D eigenvalue weighted by molar-refractivity contribution is 1.04. The van der Waals surface area contributed by atoms with Crippen LogP contribution in [0.15, 0.2) is 36.4 Å². The third-order valence-corrected chi connectivity index (χ3v) is 3.65. The average molecular weight is 239 g/mol. The Balaban J connectivity index is 2.54. The molecule has 0 aliphatic rings. The highest BCUT2D eigenvalue weighted by Gasteiger charge is 2.06. The summed E-state index contributed by atoms with van der Waals surface area (Å²) in [7, 11) is 0. The van der Waals surface area contributed by atoms with Crippen LogP contribution in [0.4, 0.5) is 5.69 Å². The third-order valence-electron chi connectivity index (χ3n) is 3.65. The van der Waals surface area contributed by atoms with Crippen molar-refractivity contribution >= 4 is 5.69 Å². The molecule has 1 nitrogen and oxygen atoms in total. The first kappa shape index (κ1) is 12.7. The highest BCUT2D eigenvalue weighted by Crippen LogP contribution is 2.28. The fourth-order valence-corrected chi connectivity index (χ4v) is 2.43. The maximum Gasteiger partial charge on any atom is 0.0349 e. The number of nitrogens with two attached hydrogens (primary N) is 1. The van der Waals surface area contributed by atoms with Gasteiger partial charge in [-0.2, -0.15) is 0 Å². The molecule has 0 aliphatic carbocycles. The molecule has 0 unspecified atom stereocenters. The van der Waals surface area contributed by atoms with Crippen molar-refractivity contribution < 1.29 is 0 Å². The summed E-state index contributed by atoms with van der Waals surface area (Å²) in [6.07, 6.45) is 2.18. The molecule has 0 spiro atoms. The fraction of sp³-hybridized carbons (Fsp3) is 0.294. The largest absolute Gasteiger partial charge is 0.398 e. The molecule has 0 aromatic heterocycles. The van der Waals surface area contributed by atoms with Crippen molar-refractivity contribution in [3.05, 3.63) is 53.1 Å². The predicted molar refractivity (Wildman–Crippen MR) is 79.8 cm³/mol. The van der Waals surface area contributed by atoms with Gasteiger partial charge in [0, 0.05) is 5.69 Å². The zero-order valence-corrected chi connectivity index (χ0v) is 11.5. The summed E-state index contributed by atoms with van der Waals surface area (Å²) in [4.78, 5) is 0. The Kier molecular flexibility index (Phi) is 3.71. The number of nitrogen functional groups attached to an aromatic ring is 1. The zero-order chi connectivity index (χ0) is 13.1. The van der Waals surface area contributed by atoms with Crippen molar-refractivity contribution in [1.82, 2.24) is 0 Å². The quantitative estimate of drug-likeness (QED) is 0.791. The first-order valence-corrected chi connectivity index (χ1v) is 6.64. The van der Waals surface area contributed by atoms with Gasteiger partial charge in [0.1, 0.15) is 0 Å². The van der Waals surface area contributed by atoms with Crippen LogP contribution < -0.4 is 5.73 Å². The van der Waals surface area contributed by atoms with Gasteiger partial charge >= 0.3 is 0 Å². The molecule has 2 N–H and O–H groups in total. The molecule has 0 heterocycles. The van der Waals surface area contributed by atoms with Crippen molar-refractivity contribution in [3.63, 3.8) is 0 Å². The third kappa shape index (κ3) is 2.26. The highest BCUT2D eigenvalue weighted by molar-refractivity contribution is 5.73. The summed E-state index contributed by atoms with van der Waals surface area (Å²) in [5.41, 5.74) is 13.4. The van der Waals surface area contributed by atoms with E-state index in [9.17, 15) is 0 Å². The Hall–Kier alpha value is -1.76.